The molecule has 3 saturated heterocycles. The number of piperidine rings is 2. The van der Waals surface area contributed by atoms with Gasteiger partial charge in [-0.05, 0) is 62.5 Å². The number of amides is 2. The van der Waals surface area contributed by atoms with Crippen LogP contribution in [0.4, 0.5) is 4.79 Å². The van der Waals surface area contributed by atoms with E-state index in [-0.39, 0.29) is 17.6 Å². The van der Waals surface area contributed by atoms with Gasteiger partial charge in [-0.1, -0.05) is 57.2 Å². The van der Waals surface area contributed by atoms with Crippen molar-refractivity contribution in [3.05, 3.63) is 34.9 Å². The van der Waals surface area contributed by atoms with Gasteiger partial charge < -0.3 is 14.5 Å². The van der Waals surface area contributed by atoms with Crippen LogP contribution < -0.4 is 0 Å². The second-order valence-electron chi connectivity index (χ2n) is 13.1. The summed E-state index contributed by atoms with van der Waals surface area (Å²) in [7, 11) is 0. The fourth-order valence-corrected chi connectivity index (χ4v) is 7.92. The molecule has 1 aliphatic carbocycles. The molecule has 1 aromatic carbocycles. The summed E-state index contributed by atoms with van der Waals surface area (Å²) in [6, 6.07) is 6.62. The maximum absolute atomic E-state index is 13.2. The van der Waals surface area contributed by atoms with Crippen molar-refractivity contribution in [2.75, 3.05) is 39.3 Å². The first kappa shape index (κ1) is 28.4. The van der Waals surface area contributed by atoms with Crippen molar-refractivity contribution in [2.45, 2.75) is 109 Å². The average molecular weight is 538 g/mol. The molecule has 39 heavy (non-hydrogen) atoms. The first-order chi connectivity index (χ1) is 18.9. The minimum Gasteiger partial charge on any atom is -0.443 e. The van der Waals surface area contributed by atoms with E-state index in [1.807, 2.05) is 41.8 Å². The van der Waals surface area contributed by atoms with Crippen LogP contribution in [0, 0.1) is 25.7 Å². The molecule has 216 valence electrons. The van der Waals surface area contributed by atoms with Gasteiger partial charge in [0.25, 0.3) is 5.91 Å². The number of carbonyl (C=O) groups is 2. The van der Waals surface area contributed by atoms with Gasteiger partial charge in [-0.3, -0.25) is 9.69 Å². The fraction of sp³-hybridized carbons (Fsp3) is 0.758. The maximum Gasteiger partial charge on any atom is 0.410 e. The highest BCUT2D eigenvalue weighted by Crippen LogP contribution is 2.38. The van der Waals surface area contributed by atoms with Gasteiger partial charge in [-0.15, -0.1) is 0 Å². The summed E-state index contributed by atoms with van der Waals surface area (Å²) in [5, 5.41) is 0. The summed E-state index contributed by atoms with van der Waals surface area (Å²) in [5.74, 6) is 1.69. The molecule has 3 heterocycles. The smallest absolute Gasteiger partial charge is 0.410 e. The van der Waals surface area contributed by atoms with Gasteiger partial charge in [0.1, 0.15) is 5.60 Å². The third kappa shape index (κ3) is 6.64. The minimum atomic E-state index is -0.265. The molecule has 6 heteroatoms. The molecule has 3 aliphatic heterocycles. The van der Waals surface area contributed by atoms with Crippen molar-refractivity contribution < 1.29 is 14.3 Å². The monoisotopic (exact) mass is 537 g/mol. The summed E-state index contributed by atoms with van der Waals surface area (Å²) in [5.41, 5.74) is 2.75. The molecule has 4 fully saturated rings. The van der Waals surface area contributed by atoms with E-state index in [0.29, 0.717) is 12.0 Å². The van der Waals surface area contributed by atoms with E-state index in [4.69, 9.17) is 4.74 Å². The van der Waals surface area contributed by atoms with Gasteiger partial charge in [0, 0.05) is 70.1 Å². The number of hydrogen-bond donors (Lipinski definition) is 0. The largest absolute Gasteiger partial charge is 0.443 e. The Bertz CT molecular complexity index is 974. The van der Waals surface area contributed by atoms with Gasteiger partial charge in [-0.2, -0.15) is 0 Å². The Morgan fingerprint density at radius 2 is 1.62 bits per heavy atom. The van der Waals surface area contributed by atoms with Gasteiger partial charge in [0.05, 0.1) is 0 Å². The Morgan fingerprint density at radius 3 is 2.28 bits per heavy atom. The Balaban J connectivity index is 1.06. The maximum atomic E-state index is 13.2. The molecule has 6 nitrogen and oxygen atoms in total. The lowest BCUT2D eigenvalue weighted by atomic mass is 9.78. The molecule has 0 radical (unpaired) electrons. The van der Waals surface area contributed by atoms with Gasteiger partial charge >= 0.3 is 6.09 Å². The molecular formula is C33H51N3O3. The van der Waals surface area contributed by atoms with Crippen LogP contribution in [-0.2, 0) is 4.74 Å². The number of nitrogens with zero attached hydrogens (tertiary/aromatic N) is 3. The van der Waals surface area contributed by atoms with Crippen molar-refractivity contribution >= 4 is 12.0 Å². The minimum absolute atomic E-state index is 0.0660. The average Bonchev–Trinajstić information content (AvgIpc) is 2.94. The molecule has 1 aromatic rings. The summed E-state index contributed by atoms with van der Waals surface area (Å²) >= 11 is 0. The van der Waals surface area contributed by atoms with E-state index in [1.54, 1.807) is 0 Å². The van der Waals surface area contributed by atoms with E-state index < -0.39 is 0 Å². The number of benzene rings is 1. The molecule has 1 spiro atoms. The zero-order valence-corrected chi connectivity index (χ0v) is 24.8. The molecule has 1 saturated carbocycles. The van der Waals surface area contributed by atoms with Gasteiger partial charge in [0.15, 0.2) is 0 Å². The number of carbonyl (C=O) groups excluding carboxylic acids is 2. The number of rotatable bonds is 7. The van der Waals surface area contributed by atoms with Crippen molar-refractivity contribution in [2.24, 2.45) is 11.8 Å². The summed E-state index contributed by atoms with van der Waals surface area (Å²) in [4.78, 5) is 33.0. The lowest BCUT2D eigenvalue weighted by molar-refractivity contribution is -0.0899. The molecule has 4 aliphatic rings. The highest BCUT2D eigenvalue weighted by Gasteiger charge is 2.44. The molecule has 1 unspecified atom stereocenters. The molecule has 0 bridgehead atoms. The zero-order chi connectivity index (χ0) is 27.4. The van der Waals surface area contributed by atoms with E-state index in [1.165, 1.54) is 44.9 Å². The molecule has 2 atom stereocenters. The number of unbranched alkanes of at least 4 members (excludes halogenated alkanes) is 1. The Kier molecular flexibility index (Phi) is 9.20. The van der Waals surface area contributed by atoms with Crippen LogP contribution in [-0.4, -0.2) is 77.6 Å². The highest BCUT2D eigenvalue weighted by molar-refractivity contribution is 5.97. The topological polar surface area (TPSA) is 53.1 Å². The van der Waals surface area contributed by atoms with Crippen LogP contribution in [0.3, 0.4) is 0 Å². The number of likely N-dealkylation sites (tertiary alicyclic amines) is 2. The second kappa shape index (κ2) is 12.6. The zero-order valence-electron chi connectivity index (χ0n) is 24.8. The molecule has 0 aromatic heterocycles. The van der Waals surface area contributed by atoms with Crippen molar-refractivity contribution in [1.82, 2.24) is 14.7 Å². The summed E-state index contributed by atoms with van der Waals surface area (Å²) in [6.07, 6.45) is 14.1. The molecular weight excluding hydrogens is 486 g/mol. The normalized spacial score (nSPS) is 26.6. The quantitative estimate of drug-likeness (QED) is 0.394. The SMILES string of the molecule is CCCCC1CCC[C@@H](CN2CCC3(CCN(C4CCN(C(=O)c5c(C)cccc5C)CC4)CC3)OC2=O)C1. The lowest BCUT2D eigenvalue weighted by Gasteiger charge is -2.49. The van der Waals surface area contributed by atoms with Gasteiger partial charge in [0.2, 0.25) is 0 Å². The second-order valence-corrected chi connectivity index (χ2v) is 13.1. The van der Waals surface area contributed by atoms with Crippen LogP contribution >= 0.6 is 0 Å². The van der Waals surface area contributed by atoms with Gasteiger partial charge in [-0.25, -0.2) is 4.79 Å². The van der Waals surface area contributed by atoms with Crippen LogP contribution in [0.5, 0.6) is 0 Å². The summed E-state index contributed by atoms with van der Waals surface area (Å²) < 4.78 is 6.22. The fourth-order valence-electron chi connectivity index (χ4n) is 7.92. The molecule has 2 amide bonds. The first-order valence-electron chi connectivity index (χ1n) is 15.9. The van der Waals surface area contributed by atoms with Crippen molar-refractivity contribution in [3.8, 4) is 0 Å². The predicted octanol–water partition coefficient (Wildman–Crippen LogP) is 6.58. The number of ether oxygens (including phenoxy) is 1. The molecule has 5 rings (SSSR count). The third-order valence-corrected chi connectivity index (χ3v) is 10.4. The van der Waals surface area contributed by atoms with E-state index in [2.05, 4.69) is 11.8 Å². The third-order valence-electron chi connectivity index (χ3n) is 10.4. The van der Waals surface area contributed by atoms with E-state index >= 15 is 0 Å². The highest BCUT2D eigenvalue weighted by atomic mass is 16.6. The van der Waals surface area contributed by atoms with Crippen molar-refractivity contribution in [3.63, 3.8) is 0 Å². The van der Waals surface area contributed by atoms with Crippen LogP contribution in [0.1, 0.15) is 105 Å². The Labute approximate surface area is 236 Å². The predicted molar refractivity (Wildman–Crippen MR) is 156 cm³/mol. The van der Waals surface area contributed by atoms with Crippen LogP contribution in [0.25, 0.3) is 0 Å². The van der Waals surface area contributed by atoms with Crippen LogP contribution in [0.15, 0.2) is 18.2 Å². The lowest BCUT2D eigenvalue weighted by Crippen LogP contribution is -2.57. The number of aryl methyl sites for hydroxylation is 2. The molecule has 0 N–H and O–H groups in total. The van der Waals surface area contributed by atoms with E-state index in [9.17, 15) is 9.59 Å². The first-order valence-corrected chi connectivity index (χ1v) is 15.9. The standard InChI is InChI=1S/C33H51N3O3/c1-4-5-10-27-11-7-12-28(23-27)24-36-22-17-33(39-32(36)38)15-20-34(21-16-33)29-13-18-35(19-14-29)31(37)30-25(2)8-6-9-26(30)3/h6,8-9,27-29H,4-5,7,10-24H2,1-3H3/t27?,28-/m1/s1. The Morgan fingerprint density at radius 1 is 0.949 bits per heavy atom. The summed E-state index contributed by atoms with van der Waals surface area (Å²) in [6.45, 7) is 11.7. The van der Waals surface area contributed by atoms with E-state index in [0.717, 1.165) is 94.0 Å². The number of hydrogen-bond acceptors (Lipinski definition) is 4. The van der Waals surface area contributed by atoms with Crippen molar-refractivity contribution in [1.29, 1.82) is 0 Å². The Hall–Kier alpha value is -2.08. The van der Waals surface area contributed by atoms with Crippen LogP contribution in [0.2, 0.25) is 0 Å².